The molecule has 4 N–H and O–H groups in total. The topological polar surface area (TPSA) is 75.4 Å². The third-order valence-electron chi connectivity index (χ3n) is 3.09. The molecule has 86 valence electrons. The normalized spacial score (nSPS) is 30.9. The summed E-state index contributed by atoms with van der Waals surface area (Å²) >= 11 is 0. The largest absolute Gasteiger partial charge is 0.394 e. The number of carbonyl (C=O) groups is 1. The molecule has 4 heteroatoms. The van der Waals surface area contributed by atoms with Gasteiger partial charge in [0.1, 0.15) is 0 Å². The van der Waals surface area contributed by atoms with E-state index in [2.05, 4.69) is 11.9 Å². The molecular formula is C11H20N2O2. The molecule has 0 aromatic rings. The van der Waals surface area contributed by atoms with E-state index in [0.717, 1.165) is 25.7 Å². The maximum atomic E-state index is 11.6. The molecule has 15 heavy (non-hydrogen) atoms. The van der Waals surface area contributed by atoms with E-state index in [1.54, 1.807) is 6.08 Å². The second kappa shape index (κ2) is 5.28. The van der Waals surface area contributed by atoms with Crippen LogP contribution in [0.15, 0.2) is 12.7 Å². The van der Waals surface area contributed by atoms with Gasteiger partial charge in [-0.2, -0.15) is 0 Å². The van der Waals surface area contributed by atoms with Gasteiger partial charge in [-0.1, -0.05) is 6.08 Å². The van der Waals surface area contributed by atoms with Crippen molar-refractivity contribution in [3.63, 3.8) is 0 Å². The van der Waals surface area contributed by atoms with E-state index in [9.17, 15) is 4.79 Å². The quantitative estimate of drug-likeness (QED) is 0.581. The average Bonchev–Trinajstić information content (AvgIpc) is 2.27. The Hall–Kier alpha value is -0.870. The Morgan fingerprint density at radius 1 is 1.60 bits per heavy atom. The van der Waals surface area contributed by atoms with Crippen LogP contribution in [-0.4, -0.2) is 29.7 Å². The SMILES string of the molecule is C=CCNC(=O)C1CCC(N)(CO)CC1. The minimum Gasteiger partial charge on any atom is -0.394 e. The Morgan fingerprint density at radius 2 is 2.20 bits per heavy atom. The van der Waals surface area contributed by atoms with Crippen molar-refractivity contribution in [2.45, 2.75) is 31.2 Å². The van der Waals surface area contributed by atoms with Crippen LogP contribution in [0.2, 0.25) is 0 Å². The Morgan fingerprint density at radius 3 is 2.67 bits per heavy atom. The van der Waals surface area contributed by atoms with Gasteiger partial charge >= 0.3 is 0 Å². The monoisotopic (exact) mass is 212 g/mol. The molecule has 1 aliphatic rings. The van der Waals surface area contributed by atoms with Crippen molar-refractivity contribution in [2.24, 2.45) is 11.7 Å². The van der Waals surface area contributed by atoms with Gasteiger partial charge in [-0.05, 0) is 25.7 Å². The zero-order chi connectivity index (χ0) is 11.3. The number of hydrogen-bond acceptors (Lipinski definition) is 3. The van der Waals surface area contributed by atoms with Crippen LogP contribution in [0, 0.1) is 5.92 Å². The van der Waals surface area contributed by atoms with E-state index < -0.39 is 5.54 Å². The Kier molecular flexibility index (Phi) is 4.29. The van der Waals surface area contributed by atoms with Crippen LogP contribution < -0.4 is 11.1 Å². The molecule has 1 fully saturated rings. The number of rotatable bonds is 4. The van der Waals surface area contributed by atoms with E-state index in [1.165, 1.54) is 0 Å². The van der Waals surface area contributed by atoms with E-state index >= 15 is 0 Å². The number of nitrogens with two attached hydrogens (primary N) is 1. The van der Waals surface area contributed by atoms with Crippen molar-refractivity contribution in [2.75, 3.05) is 13.2 Å². The third-order valence-corrected chi connectivity index (χ3v) is 3.09. The van der Waals surface area contributed by atoms with Crippen molar-refractivity contribution in [1.29, 1.82) is 0 Å². The molecule has 0 unspecified atom stereocenters. The number of nitrogens with one attached hydrogen (secondary N) is 1. The molecule has 0 saturated heterocycles. The Balaban J connectivity index is 2.36. The predicted molar refractivity (Wildman–Crippen MR) is 59.2 cm³/mol. The van der Waals surface area contributed by atoms with Gasteiger partial charge in [-0.25, -0.2) is 0 Å². The standard InChI is InChI=1S/C11H20N2O2/c1-2-7-13-10(15)9-3-5-11(12,8-14)6-4-9/h2,9,14H,1,3-8,12H2,(H,13,15). The van der Waals surface area contributed by atoms with Crippen molar-refractivity contribution in [1.82, 2.24) is 5.32 Å². The molecule has 0 bridgehead atoms. The fourth-order valence-electron chi connectivity index (χ4n) is 1.93. The highest BCUT2D eigenvalue weighted by Crippen LogP contribution is 2.30. The molecule has 0 spiro atoms. The average molecular weight is 212 g/mol. The summed E-state index contributed by atoms with van der Waals surface area (Å²) in [5.41, 5.74) is 5.46. The van der Waals surface area contributed by atoms with Crippen LogP contribution in [0.25, 0.3) is 0 Å². The minimum atomic E-state index is -0.463. The van der Waals surface area contributed by atoms with Gasteiger partial charge < -0.3 is 16.2 Å². The van der Waals surface area contributed by atoms with Crippen LogP contribution in [-0.2, 0) is 4.79 Å². The zero-order valence-electron chi connectivity index (χ0n) is 9.04. The smallest absolute Gasteiger partial charge is 0.223 e. The van der Waals surface area contributed by atoms with Gasteiger partial charge in [0.25, 0.3) is 0 Å². The number of amides is 1. The first-order chi connectivity index (χ1) is 7.11. The molecule has 0 atom stereocenters. The summed E-state index contributed by atoms with van der Waals surface area (Å²) in [4.78, 5) is 11.6. The summed E-state index contributed by atoms with van der Waals surface area (Å²) in [5, 5.41) is 11.9. The van der Waals surface area contributed by atoms with E-state index in [0.29, 0.717) is 6.54 Å². The van der Waals surface area contributed by atoms with Crippen molar-refractivity contribution in [3.05, 3.63) is 12.7 Å². The van der Waals surface area contributed by atoms with Gasteiger partial charge in [-0.3, -0.25) is 4.79 Å². The minimum absolute atomic E-state index is 0.00793. The molecule has 0 aromatic heterocycles. The Bertz CT molecular complexity index is 233. The molecule has 1 amide bonds. The zero-order valence-corrected chi connectivity index (χ0v) is 9.04. The van der Waals surface area contributed by atoms with Crippen LogP contribution in [0.5, 0.6) is 0 Å². The molecular weight excluding hydrogens is 192 g/mol. The van der Waals surface area contributed by atoms with Gasteiger partial charge in [0.2, 0.25) is 5.91 Å². The molecule has 1 saturated carbocycles. The van der Waals surface area contributed by atoms with E-state index in [4.69, 9.17) is 10.8 Å². The van der Waals surface area contributed by atoms with Crippen molar-refractivity contribution in [3.8, 4) is 0 Å². The summed E-state index contributed by atoms with van der Waals surface area (Å²) in [7, 11) is 0. The van der Waals surface area contributed by atoms with Crippen LogP contribution >= 0.6 is 0 Å². The summed E-state index contributed by atoms with van der Waals surface area (Å²) in [5.74, 6) is 0.128. The third kappa shape index (κ3) is 3.32. The number of hydrogen-bond donors (Lipinski definition) is 3. The lowest BCUT2D eigenvalue weighted by Gasteiger charge is -2.34. The second-order valence-electron chi connectivity index (χ2n) is 4.33. The van der Waals surface area contributed by atoms with Gasteiger partial charge in [0.15, 0.2) is 0 Å². The summed E-state index contributed by atoms with van der Waals surface area (Å²) in [6.07, 6.45) is 4.63. The van der Waals surface area contributed by atoms with Crippen LogP contribution in [0.4, 0.5) is 0 Å². The first-order valence-corrected chi connectivity index (χ1v) is 5.39. The molecule has 0 aromatic carbocycles. The predicted octanol–water partition coefficient (Wildman–Crippen LogP) is 0.169. The van der Waals surface area contributed by atoms with Crippen LogP contribution in [0.3, 0.4) is 0 Å². The van der Waals surface area contributed by atoms with Gasteiger partial charge in [0, 0.05) is 18.0 Å². The first kappa shape index (κ1) is 12.2. The summed E-state index contributed by atoms with van der Waals surface area (Å²) in [6.45, 7) is 4.07. The molecule has 0 aliphatic heterocycles. The first-order valence-electron chi connectivity index (χ1n) is 5.39. The van der Waals surface area contributed by atoms with E-state index in [1.807, 2.05) is 0 Å². The second-order valence-corrected chi connectivity index (χ2v) is 4.33. The maximum absolute atomic E-state index is 11.6. The number of carbonyl (C=O) groups excluding carboxylic acids is 1. The lowest BCUT2D eigenvalue weighted by atomic mass is 9.77. The van der Waals surface area contributed by atoms with Crippen molar-refractivity contribution >= 4 is 5.91 Å². The highest BCUT2D eigenvalue weighted by atomic mass is 16.3. The molecule has 1 aliphatic carbocycles. The van der Waals surface area contributed by atoms with Gasteiger partial charge in [0.05, 0.1) is 6.61 Å². The summed E-state index contributed by atoms with van der Waals surface area (Å²) < 4.78 is 0. The molecule has 4 nitrogen and oxygen atoms in total. The molecule has 0 radical (unpaired) electrons. The number of aliphatic hydroxyl groups is 1. The van der Waals surface area contributed by atoms with Crippen LogP contribution in [0.1, 0.15) is 25.7 Å². The lowest BCUT2D eigenvalue weighted by Crippen LogP contribution is -2.48. The fourth-order valence-corrected chi connectivity index (χ4v) is 1.93. The molecule has 0 heterocycles. The van der Waals surface area contributed by atoms with E-state index in [-0.39, 0.29) is 18.4 Å². The Labute approximate surface area is 90.5 Å². The highest BCUT2D eigenvalue weighted by Gasteiger charge is 2.33. The fraction of sp³-hybridized carbons (Fsp3) is 0.727. The highest BCUT2D eigenvalue weighted by molar-refractivity contribution is 5.78. The van der Waals surface area contributed by atoms with Gasteiger partial charge in [-0.15, -0.1) is 6.58 Å². The maximum Gasteiger partial charge on any atom is 0.223 e. The lowest BCUT2D eigenvalue weighted by molar-refractivity contribution is -0.126. The summed E-state index contributed by atoms with van der Waals surface area (Å²) in [6, 6.07) is 0. The number of aliphatic hydroxyl groups excluding tert-OH is 1. The molecule has 1 rings (SSSR count). The van der Waals surface area contributed by atoms with Crippen molar-refractivity contribution < 1.29 is 9.90 Å².